The first-order valence-electron chi connectivity index (χ1n) is 7.39. The van der Waals surface area contributed by atoms with Crippen molar-refractivity contribution in [1.29, 1.82) is 0 Å². The van der Waals surface area contributed by atoms with Gasteiger partial charge in [-0.2, -0.15) is 13.2 Å². The second-order valence-corrected chi connectivity index (χ2v) is 5.75. The molecule has 2 unspecified atom stereocenters. The summed E-state index contributed by atoms with van der Waals surface area (Å²) in [5.74, 6) is 0.520. The minimum atomic E-state index is -4.29. The van der Waals surface area contributed by atoms with E-state index in [1.54, 1.807) is 6.07 Å². The molecule has 1 aromatic carbocycles. The van der Waals surface area contributed by atoms with Crippen LogP contribution in [0.2, 0.25) is 0 Å². The third-order valence-corrected chi connectivity index (χ3v) is 4.20. The Morgan fingerprint density at radius 1 is 1.19 bits per heavy atom. The topological polar surface area (TPSA) is 21.3 Å². The molecular weight excluding hydrogens is 279 g/mol. The maximum absolute atomic E-state index is 12.8. The molecule has 1 heterocycles. The number of hydrogen-bond acceptors (Lipinski definition) is 2. The van der Waals surface area contributed by atoms with Crippen LogP contribution in [-0.2, 0) is 10.9 Å². The van der Waals surface area contributed by atoms with Gasteiger partial charge < -0.3 is 10.1 Å². The van der Waals surface area contributed by atoms with Crippen LogP contribution in [0.4, 0.5) is 13.2 Å². The van der Waals surface area contributed by atoms with Crippen LogP contribution in [0.1, 0.15) is 43.9 Å². The van der Waals surface area contributed by atoms with E-state index in [4.69, 9.17) is 4.74 Å². The lowest BCUT2D eigenvalue weighted by atomic mass is 9.92. The Balaban J connectivity index is 2.01. The quantitative estimate of drug-likeness (QED) is 0.901. The van der Waals surface area contributed by atoms with Crippen molar-refractivity contribution in [2.45, 2.75) is 44.9 Å². The van der Waals surface area contributed by atoms with Crippen LogP contribution in [0.25, 0.3) is 0 Å². The molecule has 2 atom stereocenters. The van der Waals surface area contributed by atoms with E-state index in [0.717, 1.165) is 32.1 Å². The molecule has 0 saturated carbocycles. The van der Waals surface area contributed by atoms with Crippen LogP contribution in [0.5, 0.6) is 0 Å². The predicted octanol–water partition coefficient (Wildman–Crippen LogP) is 4.17. The largest absolute Gasteiger partial charge is 0.416 e. The van der Waals surface area contributed by atoms with Gasteiger partial charge in [-0.25, -0.2) is 0 Å². The van der Waals surface area contributed by atoms with E-state index in [-0.39, 0.29) is 12.1 Å². The Morgan fingerprint density at radius 2 is 1.86 bits per heavy atom. The summed E-state index contributed by atoms with van der Waals surface area (Å²) in [5.41, 5.74) is 0.0797. The van der Waals surface area contributed by atoms with Gasteiger partial charge in [-0.15, -0.1) is 0 Å². The normalized spacial score (nSPS) is 20.2. The molecule has 0 spiro atoms. The van der Waals surface area contributed by atoms with Gasteiger partial charge in [-0.05, 0) is 50.3 Å². The van der Waals surface area contributed by atoms with Crippen molar-refractivity contribution >= 4 is 0 Å². The summed E-state index contributed by atoms with van der Waals surface area (Å²) in [7, 11) is 0. The standard InChI is InChI=1S/C16H22F3NO/c1-11(13-6-8-21-9-7-13)20-12(2)14-4-3-5-15(10-14)16(17,18)19/h3-5,10-13,20H,6-9H2,1-2H3. The van der Waals surface area contributed by atoms with Gasteiger partial charge in [0, 0.05) is 25.3 Å². The third-order valence-electron chi connectivity index (χ3n) is 4.20. The Hall–Kier alpha value is -1.07. The average Bonchev–Trinajstić information content (AvgIpc) is 2.47. The Labute approximate surface area is 123 Å². The molecule has 2 nitrogen and oxygen atoms in total. The predicted molar refractivity (Wildman–Crippen MR) is 76.0 cm³/mol. The summed E-state index contributed by atoms with van der Waals surface area (Å²) in [5, 5.41) is 3.42. The van der Waals surface area contributed by atoms with Gasteiger partial charge in [0.2, 0.25) is 0 Å². The SMILES string of the molecule is CC(NC(C)C1CCOCC1)c1cccc(C(F)(F)F)c1. The molecule has 0 radical (unpaired) electrons. The number of nitrogens with one attached hydrogen (secondary N) is 1. The fourth-order valence-electron chi connectivity index (χ4n) is 2.83. The average molecular weight is 301 g/mol. The molecule has 0 aromatic heterocycles. The van der Waals surface area contributed by atoms with Gasteiger partial charge >= 0.3 is 6.18 Å². The van der Waals surface area contributed by atoms with Crippen LogP contribution in [-0.4, -0.2) is 19.3 Å². The summed E-state index contributed by atoms with van der Waals surface area (Å²) in [6, 6.07) is 5.70. The van der Waals surface area contributed by atoms with Crippen molar-refractivity contribution in [2.24, 2.45) is 5.92 Å². The molecule has 0 aliphatic carbocycles. The summed E-state index contributed by atoms with van der Waals surface area (Å²) < 4.78 is 43.6. The van der Waals surface area contributed by atoms with Crippen molar-refractivity contribution in [3.63, 3.8) is 0 Å². The lowest BCUT2D eigenvalue weighted by molar-refractivity contribution is -0.137. The fourth-order valence-corrected chi connectivity index (χ4v) is 2.83. The van der Waals surface area contributed by atoms with Crippen LogP contribution < -0.4 is 5.32 Å². The molecule has 1 N–H and O–H groups in total. The lowest BCUT2D eigenvalue weighted by Crippen LogP contribution is -2.38. The number of halogens is 3. The van der Waals surface area contributed by atoms with E-state index in [1.165, 1.54) is 12.1 Å². The number of benzene rings is 1. The summed E-state index contributed by atoms with van der Waals surface area (Å²) in [6.07, 6.45) is -2.28. The summed E-state index contributed by atoms with van der Waals surface area (Å²) in [4.78, 5) is 0. The van der Waals surface area contributed by atoms with Gasteiger partial charge in [0.05, 0.1) is 5.56 Å². The number of hydrogen-bond donors (Lipinski definition) is 1. The third kappa shape index (κ3) is 4.45. The molecular formula is C16H22F3NO. The van der Waals surface area contributed by atoms with E-state index in [0.29, 0.717) is 11.5 Å². The molecule has 21 heavy (non-hydrogen) atoms. The van der Waals surface area contributed by atoms with E-state index < -0.39 is 11.7 Å². The molecule has 5 heteroatoms. The molecule has 2 rings (SSSR count). The highest BCUT2D eigenvalue weighted by atomic mass is 19.4. The highest BCUT2D eigenvalue weighted by molar-refractivity contribution is 5.27. The summed E-state index contributed by atoms with van der Waals surface area (Å²) >= 11 is 0. The minimum absolute atomic E-state index is 0.106. The first kappa shape index (κ1) is 16.3. The molecule has 1 saturated heterocycles. The molecule has 1 aliphatic heterocycles. The lowest BCUT2D eigenvalue weighted by Gasteiger charge is -2.31. The van der Waals surface area contributed by atoms with E-state index >= 15 is 0 Å². The highest BCUT2D eigenvalue weighted by Gasteiger charge is 2.31. The Bertz CT molecular complexity index is 455. The molecule has 1 aliphatic rings. The number of rotatable bonds is 4. The molecule has 0 amide bonds. The van der Waals surface area contributed by atoms with Gasteiger partial charge in [0.1, 0.15) is 0 Å². The Morgan fingerprint density at radius 3 is 2.48 bits per heavy atom. The van der Waals surface area contributed by atoms with E-state index in [2.05, 4.69) is 12.2 Å². The van der Waals surface area contributed by atoms with Gasteiger partial charge in [-0.1, -0.05) is 12.1 Å². The smallest absolute Gasteiger partial charge is 0.381 e. The molecule has 0 bridgehead atoms. The summed E-state index contributed by atoms with van der Waals surface area (Å²) in [6.45, 7) is 5.55. The highest BCUT2D eigenvalue weighted by Crippen LogP contribution is 2.31. The zero-order chi connectivity index (χ0) is 15.5. The van der Waals surface area contributed by atoms with Crippen LogP contribution in [0, 0.1) is 5.92 Å². The minimum Gasteiger partial charge on any atom is -0.381 e. The molecule has 1 fully saturated rings. The second kappa shape index (κ2) is 6.79. The van der Waals surface area contributed by atoms with E-state index in [9.17, 15) is 13.2 Å². The fraction of sp³-hybridized carbons (Fsp3) is 0.625. The van der Waals surface area contributed by atoms with Crippen molar-refractivity contribution in [3.05, 3.63) is 35.4 Å². The zero-order valence-electron chi connectivity index (χ0n) is 12.4. The second-order valence-electron chi connectivity index (χ2n) is 5.75. The molecule has 118 valence electrons. The Kier molecular flexibility index (Phi) is 5.27. The van der Waals surface area contributed by atoms with Crippen molar-refractivity contribution < 1.29 is 17.9 Å². The van der Waals surface area contributed by atoms with Crippen LogP contribution in [0.3, 0.4) is 0 Å². The molecule has 1 aromatic rings. The number of alkyl halides is 3. The van der Waals surface area contributed by atoms with E-state index in [1.807, 2.05) is 6.92 Å². The van der Waals surface area contributed by atoms with Crippen molar-refractivity contribution in [1.82, 2.24) is 5.32 Å². The van der Waals surface area contributed by atoms with Crippen molar-refractivity contribution in [3.8, 4) is 0 Å². The first-order chi connectivity index (χ1) is 9.88. The van der Waals surface area contributed by atoms with Gasteiger partial charge in [0.15, 0.2) is 0 Å². The van der Waals surface area contributed by atoms with Crippen LogP contribution in [0.15, 0.2) is 24.3 Å². The number of ether oxygens (including phenoxy) is 1. The van der Waals surface area contributed by atoms with Gasteiger partial charge in [0.25, 0.3) is 0 Å². The van der Waals surface area contributed by atoms with Crippen molar-refractivity contribution in [2.75, 3.05) is 13.2 Å². The monoisotopic (exact) mass is 301 g/mol. The first-order valence-corrected chi connectivity index (χ1v) is 7.39. The van der Waals surface area contributed by atoms with Gasteiger partial charge in [-0.3, -0.25) is 0 Å². The zero-order valence-corrected chi connectivity index (χ0v) is 12.4. The van der Waals surface area contributed by atoms with Crippen LogP contribution >= 0.6 is 0 Å². The maximum Gasteiger partial charge on any atom is 0.416 e. The maximum atomic E-state index is 12.8.